The van der Waals surface area contributed by atoms with E-state index in [0.717, 1.165) is 16.7 Å². The smallest absolute Gasteiger partial charge is 0.303 e. The van der Waals surface area contributed by atoms with Gasteiger partial charge in [-0.2, -0.15) is 13.2 Å². The van der Waals surface area contributed by atoms with Gasteiger partial charge in [-0.15, -0.1) is 0 Å². The van der Waals surface area contributed by atoms with Gasteiger partial charge < -0.3 is 4.57 Å². The number of halogens is 3. The van der Waals surface area contributed by atoms with Gasteiger partial charge in [0.25, 0.3) is 5.56 Å². The molecule has 0 aliphatic carbocycles. The summed E-state index contributed by atoms with van der Waals surface area (Å²) in [5.41, 5.74) is -1.23. The Hall–Kier alpha value is -2.64. The molecule has 5 nitrogen and oxygen atoms in total. The van der Waals surface area contributed by atoms with Crippen LogP contribution in [0.15, 0.2) is 32.9 Å². The zero-order valence-corrected chi connectivity index (χ0v) is 11.4. The van der Waals surface area contributed by atoms with Crippen LogP contribution in [0.1, 0.15) is 16.7 Å². The molecule has 0 saturated heterocycles. The summed E-state index contributed by atoms with van der Waals surface area (Å²) < 4.78 is 40.1. The lowest BCUT2D eigenvalue weighted by atomic mass is 9.95. The average Bonchev–Trinajstić information content (AvgIpc) is 2.89. The molecule has 0 spiro atoms. The lowest BCUT2D eigenvalue weighted by molar-refractivity contribution is -0.137. The van der Waals surface area contributed by atoms with Gasteiger partial charge in [0.15, 0.2) is 0 Å². The van der Waals surface area contributed by atoms with Crippen molar-refractivity contribution in [2.75, 3.05) is 0 Å². The number of aryl methyl sites for hydroxylation is 1. The van der Waals surface area contributed by atoms with Crippen LogP contribution >= 0.6 is 0 Å². The van der Waals surface area contributed by atoms with Crippen molar-refractivity contribution in [2.45, 2.75) is 12.7 Å². The third-order valence-corrected chi connectivity index (χ3v) is 3.47. The molecule has 0 amide bonds. The van der Waals surface area contributed by atoms with E-state index in [-0.39, 0.29) is 17.7 Å². The summed E-state index contributed by atoms with van der Waals surface area (Å²) in [7, 11) is 1.41. The van der Waals surface area contributed by atoms with Crippen molar-refractivity contribution in [3.05, 3.63) is 55.9 Å². The molecule has 0 atom stereocenters. The third-order valence-electron chi connectivity index (χ3n) is 3.47. The van der Waals surface area contributed by atoms with Crippen molar-refractivity contribution in [2.24, 2.45) is 12.0 Å². The number of benzene rings is 1. The molecular formula is C14H10F3N3O2. The van der Waals surface area contributed by atoms with Crippen molar-refractivity contribution in [1.29, 1.82) is 0 Å². The molecular weight excluding hydrogens is 299 g/mol. The Labute approximate surface area is 121 Å². The highest BCUT2D eigenvalue weighted by Gasteiger charge is 2.33. The van der Waals surface area contributed by atoms with Gasteiger partial charge in [-0.3, -0.25) is 14.8 Å². The average molecular weight is 309 g/mol. The predicted octanol–water partition coefficient (Wildman–Crippen LogP) is 1.69. The van der Waals surface area contributed by atoms with E-state index in [2.05, 4.69) is 9.98 Å². The Morgan fingerprint density at radius 2 is 1.95 bits per heavy atom. The van der Waals surface area contributed by atoms with E-state index in [9.17, 15) is 22.8 Å². The first-order chi connectivity index (χ1) is 10.3. The number of nitrogens with one attached hydrogen (secondary N) is 1. The Morgan fingerprint density at radius 1 is 1.23 bits per heavy atom. The summed E-state index contributed by atoms with van der Waals surface area (Å²) in [6.07, 6.45) is -1.86. The lowest BCUT2D eigenvalue weighted by Crippen LogP contribution is -2.28. The van der Waals surface area contributed by atoms with Crippen LogP contribution in [0.2, 0.25) is 0 Å². The normalized spacial score (nSPS) is 13.5. The van der Waals surface area contributed by atoms with Crippen molar-refractivity contribution in [3.8, 4) is 11.1 Å². The van der Waals surface area contributed by atoms with E-state index < -0.39 is 23.0 Å². The zero-order valence-electron chi connectivity index (χ0n) is 11.4. The lowest BCUT2D eigenvalue weighted by Gasteiger charge is -2.13. The van der Waals surface area contributed by atoms with Crippen LogP contribution in [0.5, 0.6) is 0 Å². The fraction of sp³-hybridized carbons (Fsp3) is 0.214. The molecule has 1 aromatic carbocycles. The van der Waals surface area contributed by atoms with Crippen LogP contribution < -0.4 is 11.2 Å². The fourth-order valence-corrected chi connectivity index (χ4v) is 2.37. The van der Waals surface area contributed by atoms with E-state index in [0.29, 0.717) is 11.1 Å². The van der Waals surface area contributed by atoms with E-state index in [4.69, 9.17) is 0 Å². The largest absolute Gasteiger partial charge is 0.416 e. The molecule has 0 unspecified atom stereocenters. The molecule has 2 aromatic rings. The standard InChI is InChI=1S/C14H10F3N3O2/c1-20-6-11(12(21)19-13(20)22)9-3-8(14(15,16)17)2-7-4-18-5-10(7)9/h2-3,5-6H,4H2,1H3,(H,19,21,22). The molecule has 1 N–H and O–H groups in total. The summed E-state index contributed by atoms with van der Waals surface area (Å²) in [6, 6.07) is 1.94. The first-order valence-electron chi connectivity index (χ1n) is 6.31. The van der Waals surface area contributed by atoms with Gasteiger partial charge in [0.05, 0.1) is 17.7 Å². The molecule has 114 valence electrons. The number of alkyl halides is 3. The Morgan fingerprint density at radius 3 is 2.64 bits per heavy atom. The van der Waals surface area contributed by atoms with Crippen molar-refractivity contribution < 1.29 is 13.2 Å². The minimum atomic E-state index is -4.53. The highest BCUT2D eigenvalue weighted by molar-refractivity contribution is 5.94. The second-order valence-corrected chi connectivity index (χ2v) is 4.98. The number of hydrogen-bond donors (Lipinski definition) is 1. The molecule has 0 fully saturated rings. The van der Waals surface area contributed by atoms with Crippen molar-refractivity contribution >= 4 is 6.21 Å². The minimum absolute atomic E-state index is 0.00204. The number of aromatic amines is 1. The van der Waals surface area contributed by atoms with Crippen LogP contribution in [0, 0.1) is 0 Å². The Kier molecular flexibility index (Phi) is 3.05. The maximum absolute atomic E-state index is 13.0. The number of H-pyrrole nitrogens is 1. The van der Waals surface area contributed by atoms with Crippen LogP contribution in [-0.4, -0.2) is 15.8 Å². The number of aliphatic imine (C=N–C) groups is 1. The topological polar surface area (TPSA) is 67.2 Å². The van der Waals surface area contributed by atoms with Crippen molar-refractivity contribution in [3.63, 3.8) is 0 Å². The van der Waals surface area contributed by atoms with E-state index in [1.807, 2.05) is 0 Å². The summed E-state index contributed by atoms with van der Waals surface area (Å²) in [5.74, 6) is 0. The van der Waals surface area contributed by atoms with E-state index in [1.165, 1.54) is 19.5 Å². The molecule has 2 heterocycles. The van der Waals surface area contributed by atoms with Gasteiger partial charge >= 0.3 is 11.9 Å². The molecule has 22 heavy (non-hydrogen) atoms. The van der Waals surface area contributed by atoms with Crippen LogP contribution in [0.4, 0.5) is 13.2 Å². The fourth-order valence-electron chi connectivity index (χ4n) is 2.37. The number of aromatic nitrogens is 2. The van der Waals surface area contributed by atoms with Gasteiger partial charge in [0, 0.05) is 25.0 Å². The summed E-state index contributed by atoms with van der Waals surface area (Å²) in [4.78, 5) is 29.4. The molecule has 3 rings (SSSR count). The van der Waals surface area contributed by atoms with Crippen LogP contribution in [-0.2, 0) is 19.8 Å². The summed E-state index contributed by atoms with van der Waals surface area (Å²) in [6.45, 7) is 0.135. The third kappa shape index (κ3) is 2.26. The number of rotatable bonds is 1. The summed E-state index contributed by atoms with van der Waals surface area (Å²) in [5, 5.41) is 0. The molecule has 1 aliphatic rings. The first kappa shape index (κ1) is 14.3. The van der Waals surface area contributed by atoms with Crippen LogP contribution in [0.25, 0.3) is 11.1 Å². The SMILES string of the molecule is Cn1cc(-c2cc(C(F)(F)F)cc3c2C=NC3)c(=O)[nH]c1=O. The highest BCUT2D eigenvalue weighted by Crippen LogP contribution is 2.36. The highest BCUT2D eigenvalue weighted by atomic mass is 19.4. The number of fused-ring (bicyclic) bond motifs is 1. The van der Waals surface area contributed by atoms with Gasteiger partial charge in [-0.25, -0.2) is 4.79 Å². The summed E-state index contributed by atoms with van der Waals surface area (Å²) >= 11 is 0. The quantitative estimate of drug-likeness (QED) is 0.871. The molecule has 1 aromatic heterocycles. The van der Waals surface area contributed by atoms with Crippen molar-refractivity contribution in [1.82, 2.24) is 9.55 Å². The second kappa shape index (κ2) is 4.69. The maximum atomic E-state index is 13.0. The molecule has 0 saturated carbocycles. The zero-order chi connectivity index (χ0) is 16.1. The first-order valence-corrected chi connectivity index (χ1v) is 6.31. The number of nitrogens with zero attached hydrogens (tertiary/aromatic N) is 2. The van der Waals surface area contributed by atoms with Gasteiger partial charge in [-0.1, -0.05) is 0 Å². The van der Waals surface area contributed by atoms with Gasteiger partial charge in [0.1, 0.15) is 0 Å². The molecule has 0 bridgehead atoms. The Bertz CT molecular complexity index is 907. The monoisotopic (exact) mass is 309 g/mol. The maximum Gasteiger partial charge on any atom is 0.416 e. The molecule has 0 radical (unpaired) electrons. The minimum Gasteiger partial charge on any atom is -0.303 e. The Balaban J connectivity index is 2.34. The predicted molar refractivity (Wildman–Crippen MR) is 74.0 cm³/mol. The molecule has 1 aliphatic heterocycles. The van der Waals surface area contributed by atoms with E-state index >= 15 is 0 Å². The van der Waals surface area contributed by atoms with Gasteiger partial charge in [-0.05, 0) is 23.3 Å². The second-order valence-electron chi connectivity index (χ2n) is 4.98. The number of hydrogen-bond acceptors (Lipinski definition) is 3. The van der Waals surface area contributed by atoms with E-state index in [1.54, 1.807) is 0 Å². The molecule has 8 heteroatoms. The van der Waals surface area contributed by atoms with Crippen LogP contribution in [0.3, 0.4) is 0 Å². The van der Waals surface area contributed by atoms with Gasteiger partial charge in [0.2, 0.25) is 0 Å².